The number of benzene rings is 1. The summed E-state index contributed by atoms with van der Waals surface area (Å²) in [5, 5.41) is 0.537. The first-order valence-corrected chi connectivity index (χ1v) is 7.92. The molecule has 23 heavy (non-hydrogen) atoms. The average molecular weight is 315 g/mol. The second-order valence-corrected chi connectivity index (χ2v) is 6.10. The lowest BCUT2D eigenvalue weighted by molar-refractivity contribution is -0.140. The SMILES string of the molecule is CC(C)[C@H](C(=O)N1CCOCC1)n1cnc2ccccc2c1=O. The van der Waals surface area contributed by atoms with E-state index in [2.05, 4.69) is 4.98 Å². The summed E-state index contributed by atoms with van der Waals surface area (Å²) in [4.78, 5) is 31.8. The summed E-state index contributed by atoms with van der Waals surface area (Å²) in [5.74, 6) is -0.0477. The van der Waals surface area contributed by atoms with Gasteiger partial charge in [-0.15, -0.1) is 0 Å². The Labute approximate surface area is 134 Å². The van der Waals surface area contributed by atoms with Gasteiger partial charge in [-0.1, -0.05) is 26.0 Å². The summed E-state index contributed by atoms with van der Waals surface area (Å²) < 4.78 is 6.78. The van der Waals surface area contributed by atoms with E-state index in [1.807, 2.05) is 26.0 Å². The lowest BCUT2D eigenvalue weighted by Crippen LogP contribution is -2.47. The van der Waals surface area contributed by atoms with Crippen LogP contribution in [0.1, 0.15) is 19.9 Å². The first kappa shape index (κ1) is 15.7. The van der Waals surface area contributed by atoms with Crippen LogP contribution in [0.2, 0.25) is 0 Å². The number of hydrogen-bond acceptors (Lipinski definition) is 4. The number of ether oxygens (including phenoxy) is 1. The topological polar surface area (TPSA) is 64.4 Å². The third kappa shape index (κ3) is 2.99. The quantitative estimate of drug-likeness (QED) is 0.860. The molecule has 1 atom stereocenters. The van der Waals surface area contributed by atoms with Gasteiger partial charge < -0.3 is 9.64 Å². The number of amides is 1. The Morgan fingerprint density at radius 2 is 1.91 bits per heavy atom. The van der Waals surface area contributed by atoms with Crippen LogP contribution >= 0.6 is 0 Å². The fraction of sp³-hybridized carbons (Fsp3) is 0.471. The minimum Gasteiger partial charge on any atom is -0.378 e. The Kier molecular flexibility index (Phi) is 4.43. The van der Waals surface area contributed by atoms with Crippen LogP contribution < -0.4 is 5.56 Å². The molecule has 6 nitrogen and oxygen atoms in total. The van der Waals surface area contributed by atoms with Gasteiger partial charge in [-0.05, 0) is 18.1 Å². The van der Waals surface area contributed by atoms with E-state index in [1.54, 1.807) is 17.0 Å². The highest BCUT2D eigenvalue weighted by Crippen LogP contribution is 2.20. The van der Waals surface area contributed by atoms with Crippen molar-refractivity contribution in [2.24, 2.45) is 5.92 Å². The maximum atomic E-state index is 12.9. The van der Waals surface area contributed by atoms with Crippen LogP contribution in [-0.4, -0.2) is 46.7 Å². The number of para-hydroxylation sites is 1. The highest BCUT2D eigenvalue weighted by Gasteiger charge is 2.30. The van der Waals surface area contributed by atoms with Crippen molar-refractivity contribution >= 4 is 16.8 Å². The predicted octanol–water partition coefficient (Wildman–Crippen LogP) is 1.45. The van der Waals surface area contributed by atoms with E-state index in [-0.39, 0.29) is 17.4 Å². The second-order valence-electron chi connectivity index (χ2n) is 6.10. The molecule has 0 radical (unpaired) electrons. The summed E-state index contributed by atoms with van der Waals surface area (Å²) in [6.07, 6.45) is 1.49. The number of aromatic nitrogens is 2. The zero-order chi connectivity index (χ0) is 16.4. The fourth-order valence-electron chi connectivity index (χ4n) is 2.98. The molecule has 122 valence electrons. The van der Waals surface area contributed by atoms with Crippen molar-refractivity contribution in [1.82, 2.24) is 14.5 Å². The molecule has 0 aliphatic carbocycles. The first-order chi connectivity index (χ1) is 11.1. The zero-order valence-electron chi connectivity index (χ0n) is 13.4. The van der Waals surface area contributed by atoms with Crippen molar-refractivity contribution in [2.45, 2.75) is 19.9 Å². The average Bonchev–Trinajstić information content (AvgIpc) is 2.58. The van der Waals surface area contributed by atoms with E-state index >= 15 is 0 Å². The summed E-state index contributed by atoms with van der Waals surface area (Å²) in [7, 11) is 0. The van der Waals surface area contributed by atoms with Gasteiger partial charge in [0, 0.05) is 13.1 Å². The molecule has 0 N–H and O–H groups in total. The summed E-state index contributed by atoms with van der Waals surface area (Å²) >= 11 is 0. The molecule has 0 spiro atoms. The fourth-order valence-corrected chi connectivity index (χ4v) is 2.98. The van der Waals surface area contributed by atoms with Crippen molar-refractivity contribution in [3.8, 4) is 0 Å². The zero-order valence-corrected chi connectivity index (χ0v) is 13.4. The molecule has 0 bridgehead atoms. The van der Waals surface area contributed by atoms with Crippen LogP contribution in [0.4, 0.5) is 0 Å². The van der Waals surface area contributed by atoms with Crippen molar-refractivity contribution in [2.75, 3.05) is 26.3 Å². The smallest absolute Gasteiger partial charge is 0.261 e. The third-order valence-corrected chi connectivity index (χ3v) is 4.20. The molecule has 2 heterocycles. The molecule has 0 unspecified atom stereocenters. The highest BCUT2D eigenvalue weighted by atomic mass is 16.5. The van der Waals surface area contributed by atoms with Gasteiger partial charge in [-0.2, -0.15) is 0 Å². The van der Waals surface area contributed by atoms with Gasteiger partial charge >= 0.3 is 0 Å². The highest BCUT2D eigenvalue weighted by molar-refractivity contribution is 5.82. The Morgan fingerprint density at radius 1 is 1.22 bits per heavy atom. The van der Waals surface area contributed by atoms with E-state index in [9.17, 15) is 9.59 Å². The van der Waals surface area contributed by atoms with E-state index in [4.69, 9.17) is 4.74 Å². The van der Waals surface area contributed by atoms with Gasteiger partial charge in [0.15, 0.2) is 0 Å². The number of morpholine rings is 1. The summed E-state index contributed by atoms with van der Waals surface area (Å²) in [6, 6.07) is 6.66. The van der Waals surface area contributed by atoms with Crippen LogP contribution in [0.3, 0.4) is 0 Å². The molecule has 6 heteroatoms. The van der Waals surface area contributed by atoms with Crippen molar-refractivity contribution in [3.63, 3.8) is 0 Å². The molecule has 2 aromatic rings. The number of fused-ring (bicyclic) bond motifs is 1. The maximum absolute atomic E-state index is 12.9. The Hall–Kier alpha value is -2.21. The van der Waals surface area contributed by atoms with Gasteiger partial charge in [0.05, 0.1) is 30.4 Å². The van der Waals surface area contributed by atoms with E-state index in [0.717, 1.165) is 0 Å². The lowest BCUT2D eigenvalue weighted by Gasteiger charge is -2.32. The third-order valence-electron chi connectivity index (χ3n) is 4.20. The van der Waals surface area contributed by atoms with E-state index in [0.29, 0.717) is 37.2 Å². The predicted molar refractivity (Wildman–Crippen MR) is 87.3 cm³/mol. The van der Waals surface area contributed by atoms with E-state index < -0.39 is 6.04 Å². The Morgan fingerprint density at radius 3 is 2.61 bits per heavy atom. The molecular weight excluding hydrogens is 294 g/mol. The first-order valence-electron chi connectivity index (χ1n) is 7.92. The number of carbonyl (C=O) groups is 1. The molecule has 1 fully saturated rings. The van der Waals surface area contributed by atoms with Gasteiger partial charge in [-0.25, -0.2) is 4.98 Å². The van der Waals surface area contributed by atoms with Crippen LogP contribution in [0.15, 0.2) is 35.4 Å². The minimum atomic E-state index is -0.544. The molecule has 1 aromatic heterocycles. The molecule has 1 aliphatic heterocycles. The van der Waals surface area contributed by atoms with E-state index in [1.165, 1.54) is 10.9 Å². The molecule has 1 aliphatic rings. The largest absolute Gasteiger partial charge is 0.378 e. The molecule has 1 amide bonds. The van der Waals surface area contributed by atoms with Crippen molar-refractivity contribution in [1.29, 1.82) is 0 Å². The molecule has 0 saturated carbocycles. The Balaban J connectivity index is 2.03. The van der Waals surface area contributed by atoms with Gasteiger partial charge in [0.2, 0.25) is 5.91 Å². The normalized spacial score (nSPS) is 16.7. The van der Waals surface area contributed by atoms with Crippen LogP contribution in [0.5, 0.6) is 0 Å². The molecule has 3 rings (SSSR count). The standard InChI is InChI=1S/C17H21N3O3/c1-12(2)15(17(22)19-7-9-23-10-8-19)20-11-18-14-6-4-3-5-13(14)16(20)21/h3-6,11-12,15H,7-10H2,1-2H3/t15-/m1/s1. The number of hydrogen-bond donors (Lipinski definition) is 0. The van der Waals surface area contributed by atoms with Crippen LogP contribution in [0.25, 0.3) is 10.9 Å². The summed E-state index contributed by atoms with van der Waals surface area (Å²) in [5.41, 5.74) is 0.478. The van der Waals surface area contributed by atoms with Crippen LogP contribution in [0, 0.1) is 5.92 Å². The van der Waals surface area contributed by atoms with Gasteiger partial charge in [-0.3, -0.25) is 14.2 Å². The lowest BCUT2D eigenvalue weighted by atomic mass is 10.0. The number of carbonyl (C=O) groups excluding carboxylic acids is 1. The molecular formula is C17H21N3O3. The maximum Gasteiger partial charge on any atom is 0.261 e. The Bertz CT molecular complexity index is 763. The molecule has 1 aromatic carbocycles. The summed E-state index contributed by atoms with van der Waals surface area (Å²) in [6.45, 7) is 6.12. The van der Waals surface area contributed by atoms with Gasteiger partial charge in [0.25, 0.3) is 5.56 Å². The minimum absolute atomic E-state index is 0.00833. The van der Waals surface area contributed by atoms with Crippen LogP contribution in [-0.2, 0) is 9.53 Å². The second kappa shape index (κ2) is 6.50. The van der Waals surface area contributed by atoms with Crippen molar-refractivity contribution in [3.05, 3.63) is 40.9 Å². The number of nitrogens with zero attached hydrogens (tertiary/aromatic N) is 3. The van der Waals surface area contributed by atoms with Gasteiger partial charge in [0.1, 0.15) is 6.04 Å². The van der Waals surface area contributed by atoms with Crippen molar-refractivity contribution < 1.29 is 9.53 Å². The monoisotopic (exact) mass is 315 g/mol. The molecule has 1 saturated heterocycles. The number of rotatable bonds is 3.